The number of halogens is 3. The SMILES string of the molecule is C[C@H]1CCOC[C@@H]1n1cc(C(N)=O)c(Nc2cc3c(c(OC(F)(F)F)c2)OB(O)C=C3)n1. The summed E-state index contributed by atoms with van der Waals surface area (Å²) in [5, 5.41) is 16.8. The summed E-state index contributed by atoms with van der Waals surface area (Å²) < 4.78 is 55.0. The molecule has 2 atom stereocenters. The first kappa shape index (κ1) is 22.0. The Morgan fingerprint density at radius 3 is 2.91 bits per heavy atom. The first-order chi connectivity index (χ1) is 15.1. The second kappa shape index (κ2) is 8.39. The number of nitrogens with zero attached hydrogens (tertiary/aromatic N) is 2. The number of primary amides is 1. The monoisotopic (exact) mass is 452 g/mol. The van der Waals surface area contributed by atoms with E-state index in [9.17, 15) is 23.0 Å². The number of aromatic nitrogens is 2. The fraction of sp³-hybridized carbons (Fsp3) is 0.368. The summed E-state index contributed by atoms with van der Waals surface area (Å²) in [7, 11) is -1.41. The third-order valence-electron chi connectivity index (χ3n) is 5.25. The van der Waals surface area contributed by atoms with E-state index in [4.69, 9.17) is 15.1 Å². The number of hydrogen-bond acceptors (Lipinski definition) is 7. The maximum atomic E-state index is 12.9. The molecule has 13 heteroatoms. The highest BCUT2D eigenvalue weighted by Gasteiger charge is 2.35. The largest absolute Gasteiger partial charge is 0.573 e. The van der Waals surface area contributed by atoms with Crippen LogP contribution >= 0.6 is 0 Å². The zero-order valence-corrected chi connectivity index (χ0v) is 16.9. The summed E-state index contributed by atoms with van der Waals surface area (Å²) in [6, 6.07) is 2.38. The molecule has 0 spiro atoms. The molecule has 1 saturated heterocycles. The molecule has 1 aromatic heterocycles. The number of rotatable bonds is 5. The molecule has 2 aliphatic rings. The zero-order valence-electron chi connectivity index (χ0n) is 16.9. The summed E-state index contributed by atoms with van der Waals surface area (Å²) in [4.78, 5) is 12.0. The average molecular weight is 452 g/mol. The summed E-state index contributed by atoms with van der Waals surface area (Å²) >= 11 is 0. The van der Waals surface area contributed by atoms with Crippen molar-refractivity contribution in [3.63, 3.8) is 0 Å². The van der Waals surface area contributed by atoms with Crippen LogP contribution in [0.5, 0.6) is 11.5 Å². The highest BCUT2D eigenvalue weighted by Crippen LogP contribution is 2.41. The summed E-state index contributed by atoms with van der Waals surface area (Å²) in [5.41, 5.74) is 5.94. The third kappa shape index (κ3) is 4.68. The van der Waals surface area contributed by atoms with E-state index in [1.165, 1.54) is 24.3 Å². The van der Waals surface area contributed by atoms with Gasteiger partial charge in [-0.05, 0) is 24.4 Å². The van der Waals surface area contributed by atoms with E-state index in [0.29, 0.717) is 13.2 Å². The molecule has 4 rings (SSSR count). The quantitative estimate of drug-likeness (QED) is 0.597. The lowest BCUT2D eigenvalue weighted by Crippen LogP contribution is -2.28. The number of carbonyl (C=O) groups excluding carboxylic acids is 1. The van der Waals surface area contributed by atoms with Crippen molar-refractivity contribution in [2.24, 2.45) is 11.7 Å². The minimum atomic E-state index is -4.99. The van der Waals surface area contributed by atoms with E-state index in [2.05, 4.69) is 15.2 Å². The van der Waals surface area contributed by atoms with Crippen LogP contribution in [0.1, 0.15) is 35.3 Å². The van der Waals surface area contributed by atoms with Gasteiger partial charge in [0.2, 0.25) is 0 Å². The van der Waals surface area contributed by atoms with Gasteiger partial charge in [-0.15, -0.1) is 13.2 Å². The number of hydrogen-bond donors (Lipinski definition) is 3. The van der Waals surface area contributed by atoms with Crippen molar-refractivity contribution in [1.82, 2.24) is 9.78 Å². The molecule has 1 amide bonds. The summed E-state index contributed by atoms with van der Waals surface area (Å²) in [6.45, 7) is 3.08. The van der Waals surface area contributed by atoms with Gasteiger partial charge in [0.25, 0.3) is 5.91 Å². The van der Waals surface area contributed by atoms with Crippen LogP contribution in [-0.4, -0.2) is 47.4 Å². The van der Waals surface area contributed by atoms with E-state index < -0.39 is 25.1 Å². The van der Waals surface area contributed by atoms with Crippen LogP contribution in [0.25, 0.3) is 6.08 Å². The number of anilines is 2. The molecular weight excluding hydrogens is 432 g/mol. The lowest BCUT2D eigenvalue weighted by molar-refractivity contribution is -0.275. The Morgan fingerprint density at radius 2 is 2.22 bits per heavy atom. The number of fused-ring (bicyclic) bond motifs is 1. The normalized spacial score (nSPS) is 20.5. The number of carbonyl (C=O) groups is 1. The van der Waals surface area contributed by atoms with Crippen LogP contribution in [0.2, 0.25) is 0 Å². The van der Waals surface area contributed by atoms with Crippen LogP contribution in [-0.2, 0) is 4.74 Å². The molecule has 170 valence electrons. The minimum Gasteiger partial charge on any atom is -0.530 e. The fourth-order valence-electron chi connectivity index (χ4n) is 3.63. The van der Waals surface area contributed by atoms with Gasteiger partial charge in [0.15, 0.2) is 17.3 Å². The van der Waals surface area contributed by atoms with E-state index in [0.717, 1.165) is 12.5 Å². The van der Waals surface area contributed by atoms with Crippen LogP contribution in [0, 0.1) is 5.92 Å². The maximum absolute atomic E-state index is 12.9. The number of ether oxygens (including phenoxy) is 2. The topological polar surface area (TPSA) is 121 Å². The predicted octanol–water partition coefficient (Wildman–Crippen LogP) is 2.65. The van der Waals surface area contributed by atoms with Crippen molar-refractivity contribution in [2.75, 3.05) is 18.5 Å². The van der Waals surface area contributed by atoms with Gasteiger partial charge in [-0.1, -0.05) is 13.0 Å². The van der Waals surface area contributed by atoms with Gasteiger partial charge in [0, 0.05) is 30.1 Å². The Hall–Kier alpha value is -3.19. The summed E-state index contributed by atoms with van der Waals surface area (Å²) in [6.07, 6.45) is -1.28. The lowest BCUT2D eigenvalue weighted by Gasteiger charge is -2.28. The number of benzene rings is 1. The highest BCUT2D eigenvalue weighted by molar-refractivity contribution is 6.51. The molecule has 1 fully saturated rings. The summed E-state index contributed by atoms with van der Waals surface area (Å²) in [5.74, 6) is -0.0982. The molecule has 0 bridgehead atoms. The van der Waals surface area contributed by atoms with Gasteiger partial charge < -0.3 is 30.2 Å². The maximum Gasteiger partial charge on any atom is 0.573 e. The van der Waals surface area contributed by atoms with Gasteiger partial charge in [-0.3, -0.25) is 9.48 Å². The van der Waals surface area contributed by atoms with Crippen molar-refractivity contribution in [3.05, 3.63) is 35.4 Å². The van der Waals surface area contributed by atoms with Crippen molar-refractivity contribution in [3.8, 4) is 11.5 Å². The molecule has 2 aliphatic heterocycles. The number of nitrogens with one attached hydrogen (secondary N) is 1. The minimum absolute atomic E-state index is 0.0704. The highest BCUT2D eigenvalue weighted by atomic mass is 19.4. The molecule has 4 N–H and O–H groups in total. The first-order valence-corrected chi connectivity index (χ1v) is 9.81. The predicted molar refractivity (Wildman–Crippen MR) is 108 cm³/mol. The standard InChI is InChI=1S/C19H20BF3N4O5/c1-10-3-5-30-9-14(10)27-8-13(17(24)28)18(26-27)25-12-6-11-2-4-20(29)32-16(11)15(7-12)31-19(21,22)23/h2,4,6-8,10,14,29H,3,5,9H2,1H3,(H2,24,28)(H,25,26)/t10-,14-/m0/s1. The number of nitrogens with two attached hydrogens (primary N) is 1. The van der Waals surface area contributed by atoms with E-state index in [1.807, 2.05) is 6.92 Å². The molecule has 3 heterocycles. The molecule has 0 radical (unpaired) electrons. The average Bonchev–Trinajstić information content (AvgIpc) is 3.11. The van der Waals surface area contributed by atoms with Crippen molar-refractivity contribution >= 4 is 30.6 Å². The smallest absolute Gasteiger partial charge is 0.530 e. The van der Waals surface area contributed by atoms with Gasteiger partial charge >= 0.3 is 13.5 Å². The molecule has 1 aromatic carbocycles. The van der Waals surface area contributed by atoms with Gasteiger partial charge in [0.05, 0.1) is 12.6 Å². The molecular formula is C19H20BF3N4O5. The Bertz CT molecular complexity index is 1060. The van der Waals surface area contributed by atoms with E-state index >= 15 is 0 Å². The van der Waals surface area contributed by atoms with E-state index in [1.54, 1.807) is 4.68 Å². The Kier molecular flexibility index (Phi) is 5.78. The van der Waals surface area contributed by atoms with Crippen LogP contribution in [0.15, 0.2) is 24.3 Å². The molecule has 0 aliphatic carbocycles. The van der Waals surface area contributed by atoms with Gasteiger partial charge in [0.1, 0.15) is 5.56 Å². The molecule has 2 aromatic rings. The van der Waals surface area contributed by atoms with Crippen molar-refractivity contribution in [1.29, 1.82) is 0 Å². The van der Waals surface area contributed by atoms with E-state index in [-0.39, 0.29) is 40.3 Å². The molecule has 0 saturated carbocycles. The van der Waals surface area contributed by atoms with Gasteiger partial charge in [-0.25, -0.2) is 0 Å². The number of amides is 1. The number of alkyl halides is 3. The Labute approximate surface area is 181 Å². The fourth-order valence-corrected chi connectivity index (χ4v) is 3.63. The second-order valence-electron chi connectivity index (χ2n) is 7.58. The lowest BCUT2D eigenvalue weighted by atomic mass is 9.86. The van der Waals surface area contributed by atoms with Crippen LogP contribution < -0.4 is 20.4 Å². The Balaban J connectivity index is 1.70. The van der Waals surface area contributed by atoms with Crippen LogP contribution in [0.3, 0.4) is 0 Å². The molecule has 32 heavy (non-hydrogen) atoms. The zero-order chi connectivity index (χ0) is 23.0. The molecule has 9 nitrogen and oxygen atoms in total. The third-order valence-corrected chi connectivity index (χ3v) is 5.25. The first-order valence-electron chi connectivity index (χ1n) is 9.81. The van der Waals surface area contributed by atoms with Crippen molar-refractivity contribution < 1.29 is 37.1 Å². The second-order valence-corrected chi connectivity index (χ2v) is 7.58. The van der Waals surface area contributed by atoms with Gasteiger partial charge in [-0.2, -0.15) is 5.10 Å². The molecule has 0 unspecified atom stereocenters. The Morgan fingerprint density at radius 1 is 1.44 bits per heavy atom. The van der Waals surface area contributed by atoms with Crippen molar-refractivity contribution in [2.45, 2.75) is 25.7 Å². The van der Waals surface area contributed by atoms with Crippen LogP contribution in [0.4, 0.5) is 24.7 Å².